The zero-order valence-electron chi connectivity index (χ0n) is 15.0. The fourth-order valence-electron chi connectivity index (χ4n) is 3.80. The highest BCUT2D eigenvalue weighted by molar-refractivity contribution is 5.93. The Morgan fingerprint density at radius 1 is 1.20 bits per heavy atom. The maximum atomic E-state index is 5.42. The summed E-state index contributed by atoms with van der Waals surface area (Å²) in [5.74, 6) is 3.07. The number of nitrogens with one attached hydrogen (secondary N) is 1. The number of methoxy groups -OCH3 is 2. The smallest absolute Gasteiger partial charge is 0.193 e. The molecule has 0 amide bonds. The maximum absolute atomic E-state index is 5.42. The van der Waals surface area contributed by atoms with Crippen LogP contribution in [0.4, 0.5) is 0 Å². The summed E-state index contributed by atoms with van der Waals surface area (Å²) in [7, 11) is 3.26. The molecule has 1 N–H and O–H groups in total. The van der Waals surface area contributed by atoms with Crippen molar-refractivity contribution in [1.29, 1.82) is 0 Å². The summed E-state index contributed by atoms with van der Waals surface area (Å²) in [5, 5.41) is 9.79. The van der Waals surface area contributed by atoms with Crippen molar-refractivity contribution in [3.63, 3.8) is 0 Å². The van der Waals surface area contributed by atoms with Crippen molar-refractivity contribution in [3.05, 3.63) is 24.3 Å². The van der Waals surface area contributed by atoms with Gasteiger partial charge in [0.05, 0.1) is 32.8 Å². The quantitative estimate of drug-likeness (QED) is 0.769. The molecular formula is C18H24N5O2+. The lowest BCUT2D eigenvalue weighted by Crippen LogP contribution is -3.12. The Morgan fingerprint density at radius 3 is 2.76 bits per heavy atom. The van der Waals surface area contributed by atoms with Gasteiger partial charge < -0.3 is 14.4 Å². The molecule has 0 radical (unpaired) electrons. The molecule has 0 bridgehead atoms. The van der Waals surface area contributed by atoms with Crippen molar-refractivity contribution < 1.29 is 14.4 Å². The van der Waals surface area contributed by atoms with Crippen LogP contribution in [-0.4, -0.2) is 46.9 Å². The first-order valence-electron chi connectivity index (χ1n) is 8.77. The van der Waals surface area contributed by atoms with Crippen LogP contribution < -0.4 is 14.4 Å². The Kier molecular flexibility index (Phi) is 4.17. The van der Waals surface area contributed by atoms with Crippen molar-refractivity contribution in [3.8, 4) is 11.5 Å². The summed E-state index contributed by atoms with van der Waals surface area (Å²) < 4.78 is 12.8. The molecule has 1 aliphatic rings. The van der Waals surface area contributed by atoms with Crippen LogP contribution in [0.1, 0.15) is 25.6 Å². The summed E-state index contributed by atoms with van der Waals surface area (Å²) in [4.78, 5) is 6.14. The van der Waals surface area contributed by atoms with Crippen LogP contribution in [0, 0.1) is 5.92 Å². The van der Waals surface area contributed by atoms with E-state index < -0.39 is 0 Å². The number of fused-ring (bicyclic) bond motifs is 3. The van der Waals surface area contributed by atoms with Crippen molar-refractivity contribution in [1.82, 2.24) is 19.6 Å². The van der Waals surface area contributed by atoms with Gasteiger partial charge in [0.25, 0.3) is 0 Å². The number of ether oxygens (including phenoxy) is 2. The number of hydrogen-bond donors (Lipinski definition) is 1. The number of piperidine rings is 1. The standard InChI is InChI=1S/C18H23N5O2/c1-12-5-4-6-22(9-12)10-17-20-21-18-13-7-15(24-2)16(25-3)8-14(13)19-11-23(17)18/h7-8,11-12H,4-6,9-10H2,1-3H3/p+1/t12-/m0/s1. The summed E-state index contributed by atoms with van der Waals surface area (Å²) in [6.07, 6.45) is 4.43. The van der Waals surface area contributed by atoms with Gasteiger partial charge in [-0.1, -0.05) is 6.92 Å². The number of benzene rings is 1. The number of quaternary nitrogens is 1. The molecule has 1 aliphatic heterocycles. The van der Waals surface area contributed by atoms with E-state index in [2.05, 4.69) is 22.1 Å². The zero-order chi connectivity index (χ0) is 17.4. The van der Waals surface area contributed by atoms with Crippen molar-refractivity contribution in [2.75, 3.05) is 27.3 Å². The molecule has 1 aromatic carbocycles. The lowest BCUT2D eigenvalue weighted by molar-refractivity contribution is -0.922. The van der Waals surface area contributed by atoms with Crippen LogP contribution in [0.2, 0.25) is 0 Å². The van der Waals surface area contributed by atoms with E-state index in [-0.39, 0.29) is 0 Å². The number of likely N-dealkylation sites (tertiary alicyclic amines) is 1. The molecule has 0 aliphatic carbocycles. The average Bonchev–Trinajstić information content (AvgIpc) is 3.03. The highest BCUT2D eigenvalue weighted by Gasteiger charge is 2.22. The number of hydrogen-bond acceptors (Lipinski definition) is 5. The largest absolute Gasteiger partial charge is 0.493 e. The third-order valence-corrected chi connectivity index (χ3v) is 5.09. The molecule has 2 aromatic heterocycles. The van der Waals surface area contributed by atoms with Gasteiger partial charge in [-0.05, 0) is 18.9 Å². The van der Waals surface area contributed by atoms with Gasteiger partial charge in [-0.2, -0.15) is 0 Å². The van der Waals surface area contributed by atoms with Gasteiger partial charge >= 0.3 is 0 Å². The molecule has 4 rings (SSSR count). The highest BCUT2D eigenvalue weighted by atomic mass is 16.5. The molecule has 25 heavy (non-hydrogen) atoms. The van der Waals surface area contributed by atoms with Crippen molar-refractivity contribution >= 4 is 16.6 Å². The molecule has 0 saturated carbocycles. The van der Waals surface area contributed by atoms with E-state index in [1.807, 2.05) is 22.9 Å². The molecule has 1 saturated heterocycles. The fraction of sp³-hybridized carbons (Fsp3) is 0.500. The molecule has 132 valence electrons. The van der Waals surface area contributed by atoms with Crippen LogP contribution in [0.15, 0.2) is 18.5 Å². The van der Waals surface area contributed by atoms with E-state index in [9.17, 15) is 0 Å². The van der Waals surface area contributed by atoms with Gasteiger partial charge in [0, 0.05) is 17.4 Å². The normalized spacial score (nSPS) is 20.9. The van der Waals surface area contributed by atoms with Crippen LogP contribution in [0.5, 0.6) is 11.5 Å². The minimum absolute atomic E-state index is 0.665. The van der Waals surface area contributed by atoms with Gasteiger partial charge in [0.15, 0.2) is 23.0 Å². The summed E-state index contributed by atoms with van der Waals surface area (Å²) in [5.41, 5.74) is 1.63. The second kappa shape index (κ2) is 6.48. The maximum Gasteiger partial charge on any atom is 0.193 e. The fourth-order valence-corrected chi connectivity index (χ4v) is 3.80. The van der Waals surface area contributed by atoms with Crippen LogP contribution in [0.25, 0.3) is 16.6 Å². The van der Waals surface area contributed by atoms with E-state index >= 15 is 0 Å². The Balaban J connectivity index is 1.75. The third-order valence-electron chi connectivity index (χ3n) is 5.09. The van der Waals surface area contributed by atoms with E-state index in [1.54, 1.807) is 19.1 Å². The first-order chi connectivity index (χ1) is 12.2. The zero-order valence-corrected chi connectivity index (χ0v) is 15.0. The molecule has 0 spiro atoms. The van der Waals surface area contributed by atoms with Gasteiger partial charge in [-0.3, -0.25) is 4.40 Å². The molecule has 3 aromatic rings. The van der Waals surface area contributed by atoms with Gasteiger partial charge in [0.2, 0.25) is 0 Å². The Hall–Kier alpha value is -2.41. The number of nitrogens with zero attached hydrogens (tertiary/aromatic N) is 4. The molecule has 1 fully saturated rings. The van der Waals surface area contributed by atoms with Gasteiger partial charge in [-0.25, -0.2) is 4.98 Å². The highest BCUT2D eigenvalue weighted by Crippen LogP contribution is 2.32. The molecular weight excluding hydrogens is 318 g/mol. The SMILES string of the molecule is COc1cc2ncn3c(C[NH+]4CCC[C@H](C)C4)nnc3c2cc1OC. The Labute approximate surface area is 146 Å². The van der Waals surface area contributed by atoms with E-state index in [1.165, 1.54) is 25.9 Å². The summed E-state index contributed by atoms with van der Waals surface area (Å²) in [6.45, 7) is 5.61. The summed E-state index contributed by atoms with van der Waals surface area (Å²) in [6, 6.07) is 3.80. The second-order valence-corrected chi connectivity index (χ2v) is 6.91. The first-order valence-corrected chi connectivity index (χ1v) is 8.77. The van der Waals surface area contributed by atoms with Crippen LogP contribution in [-0.2, 0) is 6.54 Å². The summed E-state index contributed by atoms with van der Waals surface area (Å²) >= 11 is 0. The third kappa shape index (κ3) is 2.89. The van der Waals surface area contributed by atoms with E-state index in [0.29, 0.717) is 11.5 Å². The molecule has 3 heterocycles. The molecule has 1 unspecified atom stereocenters. The predicted molar refractivity (Wildman–Crippen MR) is 94.2 cm³/mol. The van der Waals surface area contributed by atoms with Gasteiger partial charge in [0.1, 0.15) is 12.9 Å². The Bertz CT molecular complexity index is 907. The molecule has 2 atom stereocenters. The molecule has 7 nitrogen and oxygen atoms in total. The Morgan fingerprint density at radius 2 is 2.00 bits per heavy atom. The van der Waals surface area contributed by atoms with E-state index in [4.69, 9.17) is 9.47 Å². The van der Waals surface area contributed by atoms with Crippen LogP contribution >= 0.6 is 0 Å². The van der Waals surface area contributed by atoms with E-state index in [0.717, 1.165) is 34.8 Å². The first kappa shape index (κ1) is 16.1. The van der Waals surface area contributed by atoms with Crippen molar-refractivity contribution in [2.45, 2.75) is 26.3 Å². The topological polar surface area (TPSA) is 66.0 Å². The van der Waals surface area contributed by atoms with Gasteiger partial charge in [-0.15, -0.1) is 10.2 Å². The molecule has 7 heteroatoms. The lowest BCUT2D eigenvalue weighted by Gasteiger charge is -2.27. The minimum Gasteiger partial charge on any atom is -0.493 e. The van der Waals surface area contributed by atoms with Crippen LogP contribution in [0.3, 0.4) is 0 Å². The second-order valence-electron chi connectivity index (χ2n) is 6.91. The average molecular weight is 342 g/mol. The number of aromatic nitrogens is 4. The lowest BCUT2D eigenvalue weighted by atomic mass is 10.0. The monoisotopic (exact) mass is 342 g/mol. The predicted octanol–water partition coefficient (Wildman–Crippen LogP) is 1.11. The van der Waals surface area contributed by atoms with Crippen molar-refractivity contribution in [2.24, 2.45) is 5.92 Å². The number of rotatable bonds is 4. The minimum atomic E-state index is 0.665.